The van der Waals surface area contributed by atoms with E-state index in [0.717, 1.165) is 46.0 Å². The summed E-state index contributed by atoms with van der Waals surface area (Å²) in [5.74, 6) is 0.700. The Morgan fingerprint density at radius 2 is 1.43 bits per heavy atom. The van der Waals surface area contributed by atoms with E-state index in [-0.39, 0.29) is 0 Å². The number of rotatable bonds is 7. The second-order valence-electron chi connectivity index (χ2n) is 7.88. The number of benzene rings is 2. The van der Waals surface area contributed by atoms with Gasteiger partial charge in [0.1, 0.15) is 5.82 Å². The molecule has 4 aromatic rings. The molecule has 0 fully saturated rings. The lowest BCUT2D eigenvalue weighted by Crippen LogP contribution is -2.06. The topological polar surface area (TPSA) is 66.8 Å². The lowest BCUT2D eigenvalue weighted by molar-refractivity contribution is -0.137. The number of alkyl halides is 3. The van der Waals surface area contributed by atoms with Crippen molar-refractivity contribution in [1.29, 1.82) is 0 Å². The largest absolute Gasteiger partial charge is 0.416 e. The van der Waals surface area contributed by atoms with Crippen molar-refractivity contribution in [2.75, 3.05) is 37.1 Å². The van der Waals surface area contributed by atoms with E-state index in [0.29, 0.717) is 23.6 Å². The third kappa shape index (κ3) is 4.53. The molecule has 0 amide bonds. The lowest BCUT2D eigenvalue weighted by Gasteiger charge is -2.18. The van der Waals surface area contributed by atoms with E-state index < -0.39 is 11.7 Å². The van der Waals surface area contributed by atoms with Crippen molar-refractivity contribution in [3.8, 4) is 33.9 Å². The number of halogens is 3. The van der Waals surface area contributed by atoms with Gasteiger partial charge < -0.3 is 20.5 Å². The van der Waals surface area contributed by atoms with Crippen molar-refractivity contribution in [2.24, 2.45) is 0 Å². The summed E-state index contributed by atoms with van der Waals surface area (Å²) in [6, 6.07) is 12.9. The quantitative estimate of drug-likeness (QED) is 0.284. The minimum atomic E-state index is -4.40. The van der Waals surface area contributed by atoms with Crippen molar-refractivity contribution in [3.63, 3.8) is 0 Å². The smallest absolute Gasteiger partial charge is 0.388 e. The number of pyridine rings is 1. The molecule has 0 saturated heterocycles. The molecular formula is C26H27F3N6. The van der Waals surface area contributed by atoms with Crippen LogP contribution in [0.5, 0.6) is 0 Å². The highest BCUT2D eigenvalue weighted by Gasteiger charge is 2.31. The van der Waals surface area contributed by atoms with E-state index in [1.54, 1.807) is 12.4 Å². The first-order chi connectivity index (χ1) is 16.8. The predicted molar refractivity (Wildman–Crippen MR) is 136 cm³/mol. The van der Waals surface area contributed by atoms with E-state index in [4.69, 9.17) is 4.98 Å². The van der Waals surface area contributed by atoms with Gasteiger partial charge in [-0.25, -0.2) is 4.98 Å². The van der Waals surface area contributed by atoms with Gasteiger partial charge in [0.15, 0.2) is 0 Å². The summed E-state index contributed by atoms with van der Waals surface area (Å²) in [4.78, 5) is 9.16. The molecule has 6 nitrogen and oxygen atoms in total. The normalized spacial score (nSPS) is 11.4. The van der Waals surface area contributed by atoms with Gasteiger partial charge in [0.25, 0.3) is 0 Å². The van der Waals surface area contributed by atoms with Crippen LogP contribution in [0.3, 0.4) is 0 Å². The van der Waals surface area contributed by atoms with E-state index in [1.165, 1.54) is 12.1 Å². The minimum Gasteiger partial charge on any atom is -0.388 e. The Bertz CT molecular complexity index is 1290. The van der Waals surface area contributed by atoms with Gasteiger partial charge in [-0.2, -0.15) is 13.2 Å². The SMILES string of the molecule is CCn1c(-c2c(NC)cc(NC)cc2NC)nc(-c2ccncc2)c1-c1ccc(C(F)(F)F)cc1. The van der Waals surface area contributed by atoms with Crippen LogP contribution in [-0.2, 0) is 12.7 Å². The summed E-state index contributed by atoms with van der Waals surface area (Å²) < 4.78 is 41.7. The second-order valence-corrected chi connectivity index (χ2v) is 7.88. The first kappa shape index (κ1) is 24.1. The van der Waals surface area contributed by atoms with Gasteiger partial charge in [-0.15, -0.1) is 0 Å². The zero-order valence-electron chi connectivity index (χ0n) is 20.0. The molecule has 0 atom stereocenters. The van der Waals surface area contributed by atoms with Crippen LogP contribution in [0.1, 0.15) is 12.5 Å². The second kappa shape index (κ2) is 9.69. The van der Waals surface area contributed by atoms with Crippen LogP contribution in [0.15, 0.2) is 60.9 Å². The third-order valence-electron chi connectivity index (χ3n) is 5.91. The van der Waals surface area contributed by atoms with Gasteiger partial charge in [0, 0.05) is 68.3 Å². The van der Waals surface area contributed by atoms with Gasteiger partial charge >= 0.3 is 6.18 Å². The van der Waals surface area contributed by atoms with Gasteiger partial charge in [0.05, 0.1) is 22.5 Å². The number of nitrogens with zero attached hydrogens (tertiary/aromatic N) is 3. The maximum Gasteiger partial charge on any atom is 0.416 e. The Labute approximate surface area is 202 Å². The van der Waals surface area contributed by atoms with Crippen molar-refractivity contribution in [2.45, 2.75) is 19.6 Å². The predicted octanol–water partition coefficient (Wildman–Crippen LogP) is 6.44. The number of hydrogen-bond acceptors (Lipinski definition) is 5. The molecule has 0 spiro atoms. The minimum absolute atomic E-state index is 0.559. The number of nitrogens with one attached hydrogen (secondary N) is 3. The summed E-state index contributed by atoms with van der Waals surface area (Å²) in [6.45, 7) is 2.55. The molecule has 0 aliphatic carbocycles. The number of aromatic nitrogens is 3. The molecule has 2 aromatic heterocycles. The summed E-state index contributed by atoms with van der Waals surface area (Å²) in [6.07, 6.45) is -1.05. The van der Waals surface area contributed by atoms with Gasteiger partial charge in [-0.05, 0) is 43.3 Å². The van der Waals surface area contributed by atoms with Gasteiger partial charge in [-0.3, -0.25) is 4.98 Å². The zero-order valence-corrected chi connectivity index (χ0v) is 20.0. The molecule has 9 heteroatoms. The number of imidazole rings is 1. The molecule has 0 saturated carbocycles. The number of hydrogen-bond donors (Lipinski definition) is 3. The Morgan fingerprint density at radius 1 is 0.829 bits per heavy atom. The monoisotopic (exact) mass is 480 g/mol. The van der Waals surface area contributed by atoms with Crippen LogP contribution in [0, 0.1) is 0 Å². The van der Waals surface area contributed by atoms with Crippen molar-refractivity contribution >= 4 is 17.1 Å². The maximum atomic E-state index is 13.2. The highest BCUT2D eigenvalue weighted by atomic mass is 19.4. The molecule has 2 aromatic carbocycles. The van der Waals surface area contributed by atoms with Gasteiger partial charge in [-0.1, -0.05) is 12.1 Å². The summed E-state index contributed by atoms with van der Waals surface area (Å²) in [5.41, 5.74) is 5.71. The molecule has 0 unspecified atom stereocenters. The molecule has 0 aliphatic heterocycles. The summed E-state index contributed by atoms with van der Waals surface area (Å²) >= 11 is 0. The number of anilines is 3. The van der Waals surface area contributed by atoms with E-state index in [9.17, 15) is 13.2 Å². The van der Waals surface area contributed by atoms with Gasteiger partial charge in [0.2, 0.25) is 0 Å². The first-order valence-electron chi connectivity index (χ1n) is 11.2. The van der Waals surface area contributed by atoms with Crippen molar-refractivity contribution < 1.29 is 13.2 Å². The van der Waals surface area contributed by atoms with Crippen molar-refractivity contribution in [1.82, 2.24) is 14.5 Å². The highest BCUT2D eigenvalue weighted by molar-refractivity contribution is 5.92. The van der Waals surface area contributed by atoms with Crippen LogP contribution in [0.2, 0.25) is 0 Å². The first-order valence-corrected chi connectivity index (χ1v) is 11.2. The van der Waals surface area contributed by atoms with Crippen molar-refractivity contribution in [3.05, 3.63) is 66.5 Å². The molecule has 0 bridgehead atoms. The molecule has 3 N–H and O–H groups in total. The third-order valence-corrected chi connectivity index (χ3v) is 5.91. The summed E-state index contributed by atoms with van der Waals surface area (Å²) in [5, 5.41) is 9.68. The fourth-order valence-electron chi connectivity index (χ4n) is 4.19. The molecule has 182 valence electrons. The van der Waals surface area contributed by atoms with Crippen LogP contribution in [0.25, 0.3) is 33.9 Å². The standard InChI is InChI=1S/C26H27F3N6/c1-5-35-24(17-6-8-18(9-7-17)26(27,28)29)23(16-10-12-33-13-11-16)34-25(35)22-20(31-3)14-19(30-2)15-21(22)32-4/h6-15,30-32H,5H2,1-4H3. The highest BCUT2D eigenvalue weighted by Crippen LogP contribution is 2.43. The average molecular weight is 481 g/mol. The van der Waals surface area contributed by atoms with Crippen LogP contribution >= 0.6 is 0 Å². The molecular weight excluding hydrogens is 453 g/mol. The molecule has 35 heavy (non-hydrogen) atoms. The Balaban J connectivity index is 2.03. The molecule has 0 radical (unpaired) electrons. The fraction of sp³-hybridized carbons (Fsp3) is 0.231. The Kier molecular flexibility index (Phi) is 6.68. The average Bonchev–Trinajstić information content (AvgIpc) is 3.27. The molecule has 0 aliphatic rings. The van der Waals surface area contributed by atoms with Crippen LogP contribution < -0.4 is 16.0 Å². The molecule has 2 heterocycles. The lowest BCUT2D eigenvalue weighted by atomic mass is 10.0. The van der Waals surface area contributed by atoms with E-state index >= 15 is 0 Å². The Morgan fingerprint density at radius 3 is 1.91 bits per heavy atom. The van der Waals surface area contributed by atoms with Crippen LogP contribution in [0.4, 0.5) is 30.2 Å². The fourth-order valence-corrected chi connectivity index (χ4v) is 4.19. The molecule has 4 rings (SSSR count). The maximum absolute atomic E-state index is 13.2. The summed E-state index contributed by atoms with van der Waals surface area (Å²) in [7, 11) is 5.54. The zero-order chi connectivity index (χ0) is 25.2. The Hall–Kier alpha value is -4.01. The van der Waals surface area contributed by atoms with E-state index in [1.807, 2.05) is 56.9 Å². The van der Waals surface area contributed by atoms with Crippen LogP contribution in [-0.4, -0.2) is 35.7 Å². The van der Waals surface area contributed by atoms with E-state index in [2.05, 4.69) is 20.9 Å².